The highest BCUT2D eigenvalue weighted by Gasteiger charge is 2.76. The van der Waals surface area contributed by atoms with E-state index in [2.05, 4.69) is 33.4 Å². The van der Waals surface area contributed by atoms with Gasteiger partial charge in [0.15, 0.2) is 8.32 Å². The number of carbonyl (C=O) groups excluding carboxylic acids is 3. The van der Waals surface area contributed by atoms with Gasteiger partial charge in [-0.2, -0.15) is 0 Å². The zero-order chi connectivity index (χ0) is 31.3. The smallest absolute Gasteiger partial charge is 0.421 e. The number of ether oxygens (including phenoxy) is 2. The van der Waals surface area contributed by atoms with Crippen LogP contribution >= 0.6 is 0 Å². The summed E-state index contributed by atoms with van der Waals surface area (Å²) in [5, 5.41) is 0. The lowest BCUT2D eigenvalue weighted by Crippen LogP contribution is -2.53. The SMILES string of the molecule is C=C[C@]12CN(C(=O)OC)[C@@H]3C(CO[Si](CC)(CC)CC)[C@H]1C=C[C@]1(C(=O)N(C(=O)OCc4ccccc4)c4ccccc41)[C@@H]32. The Hall–Kier alpha value is -3.69. The van der Waals surface area contributed by atoms with Gasteiger partial charge < -0.3 is 18.8 Å². The van der Waals surface area contributed by atoms with Crippen molar-refractivity contribution < 1.29 is 28.3 Å². The van der Waals surface area contributed by atoms with E-state index >= 15 is 0 Å². The molecule has 3 amide bonds. The van der Waals surface area contributed by atoms with Crippen molar-refractivity contribution >= 4 is 32.1 Å². The Morgan fingerprint density at radius 2 is 1.70 bits per heavy atom. The van der Waals surface area contributed by atoms with Gasteiger partial charge in [0.05, 0.1) is 12.8 Å². The molecule has 1 saturated heterocycles. The van der Waals surface area contributed by atoms with Crippen molar-refractivity contribution in [2.45, 2.75) is 57.0 Å². The van der Waals surface area contributed by atoms with Crippen LogP contribution in [0, 0.1) is 23.2 Å². The number of para-hydroxylation sites is 1. The third-order valence-electron chi connectivity index (χ3n) is 11.1. The second-order valence-corrected chi connectivity index (χ2v) is 17.3. The molecule has 1 unspecified atom stereocenters. The molecule has 8 nitrogen and oxygen atoms in total. The lowest BCUT2D eigenvalue weighted by Gasteiger charge is -2.45. The fraction of sp³-hybridized carbons (Fsp3) is 0.457. The number of anilines is 1. The molecule has 0 aromatic heterocycles. The minimum absolute atomic E-state index is 0.0258. The molecule has 1 spiro atoms. The van der Waals surface area contributed by atoms with Crippen LogP contribution in [0.25, 0.3) is 0 Å². The van der Waals surface area contributed by atoms with E-state index < -0.39 is 31.3 Å². The lowest BCUT2D eigenvalue weighted by atomic mass is 9.56. The highest BCUT2D eigenvalue weighted by Crippen LogP contribution is 2.70. The summed E-state index contributed by atoms with van der Waals surface area (Å²) >= 11 is 0. The topological polar surface area (TPSA) is 85.4 Å². The fourth-order valence-electron chi connectivity index (χ4n) is 8.79. The van der Waals surface area contributed by atoms with Crippen molar-refractivity contribution in [1.82, 2.24) is 4.90 Å². The summed E-state index contributed by atoms with van der Waals surface area (Å²) in [6.07, 6.45) is 4.94. The summed E-state index contributed by atoms with van der Waals surface area (Å²) in [4.78, 5) is 44.8. The molecular formula is C35H42N2O6Si. The van der Waals surface area contributed by atoms with Gasteiger partial charge in [-0.3, -0.25) is 4.79 Å². The number of likely N-dealkylation sites (tertiary alicyclic amines) is 1. The van der Waals surface area contributed by atoms with Gasteiger partial charge in [-0.15, -0.1) is 6.58 Å². The van der Waals surface area contributed by atoms with Crippen LogP contribution < -0.4 is 4.90 Å². The number of hydrogen-bond donors (Lipinski definition) is 0. The van der Waals surface area contributed by atoms with E-state index in [0.29, 0.717) is 18.8 Å². The molecule has 0 radical (unpaired) electrons. The van der Waals surface area contributed by atoms with Gasteiger partial charge in [0, 0.05) is 36.4 Å². The van der Waals surface area contributed by atoms with Gasteiger partial charge in [-0.05, 0) is 41.2 Å². The van der Waals surface area contributed by atoms with Gasteiger partial charge in [-0.1, -0.05) is 87.5 Å². The molecule has 6 rings (SSSR count). The molecule has 2 aliphatic heterocycles. The van der Waals surface area contributed by atoms with Crippen molar-refractivity contribution in [1.29, 1.82) is 0 Å². The normalized spacial score (nSPS) is 29.7. The van der Waals surface area contributed by atoms with E-state index in [0.717, 1.165) is 29.3 Å². The number of allylic oxidation sites excluding steroid dienone is 1. The summed E-state index contributed by atoms with van der Waals surface area (Å²) in [5.74, 6) is -0.757. The highest BCUT2D eigenvalue weighted by molar-refractivity contribution is 6.73. The maximum absolute atomic E-state index is 14.8. The van der Waals surface area contributed by atoms with Gasteiger partial charge in [0.1, 0.15) is 12.0 Å². The number of carbonyl (C=O) groups is 3. The van der Waals surface area contributed by atoms with Crippen LogP contribution in [0.1, 0.15) is 31.9 Å². The molecule has 1 saturated carbocycles. The van der Waals surface area contributed by atoms with Gasteiger partial charge in [0.2, 0.25) is 0 Å². The van der Waals surface area contributed by atoms with E-state index in [4.69, 9.17) is 13.9 Å². The standard InChI is InChI=1S/C35H42N2O6Si/c1-6-34-23-36(32(39)41-5)29-25(22-43-44(7-2,8-3)9-4)26(34)19-20-35(30(29)34)27-17-13-14-18-28(27)37(31(35)38)33(40)42-21-24-15-11-10-12-16-24/h6,10-20,25-26,29-30H,1,7-9,21-23H2,2-5H3/t25?,26-,29-,30+,34+,35-/m1/s1. The largest absolute Gasteiger partial charge is 0.453 e. The van der Waals surface area contributed by atoms with Crippen molar-refractivity contribution in [2.75, 3.05) is 25.2 Å². The number of imide groups is 1. The van der Waals surface area contributed by atoms with E-state index in [-0.39, 0.29) is 36.3 Å². The molecule has 2 aliphatic carbocycles. The first-order valence-corrected chi connectivity index (χ1v) is 18.3. The van der Waals surface area contributed by atoms with Crippen LogP contribution in [0.3, 0.4) is 0 Å². The zero-order valence-corrected chi connectivity index (χ0v) is 27.0. The quantitative estimate of drug-likeness (QED) is 0.231. The van der Waals surface area contributed by atoms with E-state index in [1.807, 2.05) is 60.7 Å². The molecule has 2 aromatic rings. The first-order chi connectivity index (χ1) is 21.3. The molecule has 9 heteroatoms. The first kappa shape index (κ1) is 30.3. The van der Waals surface area contributed by atoms with Crippen molar-refractivity contribution in [3.8, 4) is 0 Å². The van der Waals surface area contributed by atoms with Crippen LogP contribution in [-0.2, 0) is 30.7 Å². The van der Waals surface area contributed by atoms with E-state index in [1.54, 1.807) is 11.0 Å². The Morgan fingerprint density at radius 3 is 2.36 bits per heavy atom. The number of piperidine rings is 1. The number of benzene rings is 2. The van der Waals surface area contributed by atoms with Crippen LogP contribution in [0.15, 0.2) is 79.4 Å². The maximum Gasteiger partial charge on any atom is 0.421 e. The number of nitrogens with zero attached hydrogens (tertiary/aromatic N) is 2. The number of rotatable bonds is 9. The summed E-state index contributed by atoms with van der Waals surface area (Å²) in [6, 6.07) is 19.5. The molecule has 2 aromatic carbocycles. The predicted molar refractivity (Wildman–Crippen MR) is 171 cm³/mol. The number of amides is 3. The third-order valence-corrected chi connectivity index (χ3v) is 15.8. The van der Waals surface area contributed by atoms with Crippen molar-refractivity contribution in [3.05, 3.63) is 90.5 Å². The van der Waals surface area contributed by atoms with Gasteiger partial charge in [-0.25, -0.2) is 14.5 Å². The molecule has 0 N–H and O–H groups in total. The average molecular weight is 615 g/mol. The Balaban J connectivity index is 1.42. The minimum Gasteiger partial charge on any atom is -0.453 e. The summed E-state index contributed by atoms with van der Waals surface area (Å²) in [5.41, 5.74) is 0.284. The van der Waals surface area contributed by atoms with Crippen LogP contribution in [0.2, 0.25) is 18.1 Å². The third kappa shape index (κ3) is 4.15. The molecule has 2 heterocycles. The second-order valence-electron chi connectivity index (χ2n) is 12.6. The molecule has 4 aliphatic rings. The van der Waals surface area contributed by atoms with Crippen LogP contribution in [0.4, 0.5) is 15.3 Å². The molecule has 44 heavy (non-hydrogen) atoms. The zero-order valence-electron chi connectivity index (χ0n) is 26.0. The van der Waals surface area contributed by atoms with Crippen LogP contribution in [-0.4, -0.2) is 57.6 Å². The Morgan fingerprint density at radius 1 is 1.02 bits per heavy atom. The number of hydrogen-bond acceptors (Lipinski definition) is 6. The van der Waals surface area contributed by atoms with Gasteiger partial charge in [0.25, 0.3) is 5.91 Å². The molecule has 232 valence electrons. The Labute approximate surface area is 260 Å². The molecular weight excluding hydrogens is 572 g/mol. The Kier molecular flexibility index (Phi) is 7.82. The lowest BCUT2D eigenvalue weighted by molar-refractivity contribution is -0.124. The number of methoxy groups -OCH3 is 1. The summed E-state index contributed by atoms with van der Waals surface area (Å²) in [7, 11) is -0.551. The highest BCUT2D eigenvalue weighted by atomic mass is 28.4. The van der Waals surface area contributed by atoms with Crippen LogP contribution in [0.5, 0.6) is 0 Å². The van der Waals surface area contributed by atoms with Crippen molar-refractivity contribution in [3.63, 3.8) is 0 Å². The average Bonchev–Trinajstić information content (AvgIpc) is 3.60. The molecule has 2 fully saturated rings. The fourth-order valence-corrected chi connectivity index (χ4v) is 11.4. The summed E-state index contributed by atoms with van der Waals surface area (Å²) < 4.78 is 17.9. The molecule has 6 atom stereocenters. The predicted octanol–water partition coefficient (Wildman–Crippen LogP) is 6.68. The molecule has 4 bridgehead atoms. The van der Waals surface area contributed by atoms with Crippen molar-refractivity contribution in [2.24, 2.45) is 23.2 Å². The van der Waals surface area contributed by atoms with E-state index in [9.17, 15) is 14.4 Å². The summed E-state index contributed by atoms with van der Waals surface area (Å²) in [6.45, 7) is 11.8. The number of fused-ring (bicyclic) bond motifs is 2. The Bertz CT molecular complexity index is 1480. The maximum atomic E-state index is 14.8. The first-order valence-electron chi connectivity index (χ1n) is 15.7. The van der Waals surface area contributed by atoms with Gasteiger partial charge >= 0.3 is 12.2 Å². The van der Waals surface area contributed by atoms with E-state index in [1.165, 1.54) is 12.0 Å². The minimum atomic E-state index is -1.94. The monoisotopic (exact) mass is 614 g/mol. The second kappa shape index (κ2) is 11.3.